The van der Waals surface area contributed by atoms with Crippen LogP contribution >= 0.6 is 15.9 Å². The second-order valence-electron chi connectivity index (χ2n) is 4.12. The van der Waals surface area contributed by atoms with Crippen molar-refractivity contribution in [2.45, 2.75) is 19.8 Å². The van der Waals surface area contributed by atoms with Crippen molar-refractivity contribution in [3.8, 4) is 0 Å². The second-order valence-corrected chi connectivity index (χ2v) is 5.04. The molecule has 0 saturated heterocycles. The van der Waals surface area contributed by atoms with Crippen molar-refractivity contribution in [2.75, 3.05) is 11.1 Å². The number of halogens is 1. The van der Waals surface area contributed by atoms with E-state index in [4.69, 9.17) is 5.73 Å². The zero-order valence-electron chi connectivity index (χ0n) is 10.3. The summed E-state index contributed by atoms with van der Waals surface area (Å²) < 4.78 is 0.882. The average molecular weight is 306 g/mol. The Labute approximate surface area is 116 Å². The highest BCUT2D eigenvalue weighted by molar-refractivity contribution is 9.10. The molecule has 0 aliphatic carbocycles. The van der Waals surface area contributed by atoms with Crippen LogP contribution in [0.3, 0.4) is 0 Å². The molecule has 0 amide bonds. The monoisotopic (exact) mass is 305 g/mol. The first-order valence-electron chi connectivity index (χ1n) is 5.96. The molecule has 18 heavy (non-hydrogen) atoms. The fraction of sp³-hybridized carbons (Fsp3) is 0.214. The van der Waals surface area contributed by atoms with Gasteiger partial charge in [-0.1, -0.05) is 31.5 Å². The van der Waals surface area contributed by atoms with E-state index in [0.717, 1.165) is 23.0 Å². The molecule has 0 atom stereocenters. The molecule has 1 heterocycles. The molecular formula is C14H16BrN3. The number of pyridine rings is 1. The topological polar surface area (TPSA) is 50.9 Å². The fourth-order valence-corrected chi connectivity index (χ4v) is 2.17. The lowest BCUT2D eigenvalue weighted by Gasteiger charge is -2.12. The highest BCUT2D eigenvalue weighted by atomic mass is 79.9. The molecule has 0 saturated carbocycles. The molecule has 0 fully saturated rings. The summed E-state index contributed by atoms with van der Waals surface area (Å²) >= 11 is 3.35. The summed E-state index contributed by atoms with van der Waals surface area (Å²) in [5.74, 6) is 0.696. The second kappa shape index (κ2) is 5.87. The van der Waals surface area contributed by atoms with Crippen LogP contribution in [0.4, 0.5) is 17.2 Å². The van der Waals surface area contributed by atoms with E-state index in [2.05, 4.69) is 45.3 Å². The van der Waals surface area contributed by atoms with Crippen LogP contribution < -0.4 is 11.1 Å². The Morgan fingerprint density at radius 1 is 1.33 bits per heavy atom. The fourth-order valence-electron chi connectivity index (χ4n) is 1.82. The quantitative estimate of drug-likeness (QED) is 0.893. The SMILES string of the molecule is CCCc1ccccc1Nc1ncc(Br)cc1N. The zero-order chi connectivity index (χ0) is 13.0. The minimum absolute atomic E-state index is 0.635. The summed E-state index contributed by atoms with van der Waals surface area (Å²) in [6.45, 7) is 2.17. The van der Waals surface area contributed by atoms with Gasteiger partial charge in [0, 0.05) is 16.4 Å². The molecule has 0 spiro atoms. The highest BCUT2D eigenvalue weighted by Gasteiger charge is 2.05. The van der Waals surface area contributed by atoms with Gasteiger partial charge in [-0.15, -0.1) is 0 Å². The first kappa shape index (κ1) is 12.9. The van der Waals surface area contributed by atoms with Crippen LogP contribution in [0.5, 0.6) is 0 Å². The molecule has 0 bridgehead atoms. The van der Waals surface area contributed by atoms with Gasteiger partial charge in [-0.25, -0.2) is 4.98 Å². The molecule has 0 aliphatic rings. The number of nitrogens with two attached hydrogens (primary N) is 1. The Hall–Kier alpha value is -1.55. The van der Waals surface area contributed by atoms with Crippen molar-refractivity contribution in [2.24, 2.45) is 0 Å². The highest BCUT2D eigenvalue weighted by Crippen LogP contribution is 2.26. The summed E-state index contributed by atoms with van der Waals surface area (Å²) in [5, 5.41) is 3.30. The van der Waals surface area contributed by atoms with Gasteiger partial charge in [-0.2, -0.15) is 0 Å². The summed E-state index contributed by atoms with van der Waals surface area (Å²) in [6.07, 6.45) is 3.89. The summed E-state index contributed by atoms with van der Waals surface area (Å²) in [5.41, 5.74) is 8.92. The van der Waals surface area contributed by atoms with E-state index in [0.29, 0.717) is 11.5 Å². The predicted octanol–water partition coefficient (Wildman–Crippen LogP) is 4.12. The first-order valence-corrected chi connectivity index (χ1v) is 6.76. The number of aromatic nitrogens is 1. The number of hydrogen-bond acceptors (Lipinski definition) is 3. The van der Waals surface area contributed by atoms with Gasteiger partial charge in [-0.05, 0) is 40.0 Å². The number of nitrogens with zero attached hydrogens (tertiary/aromatic N) is 1. The normalized spacial score (nSPS) is 10.3. The number of benzene rings is 1. The Bertz CT molecular complexity index is 540. The van der Waals surface area contributed by atoms with E-state index in [1.165, 1.54) is 5.56 Å². The van der Waals surface area contributed by atoms with Crippen LogP contribution in [0.15, 0.2) is 41.0 Å². The number of para-hydroxylation sites is 1. The molecule has 1 aromatic heterocycles. The average Bonchev–Trinajstić information content (AvgIpc) is 2.35. The van der Waals surface area contributed by atoms with Crippen molar-refractivity contribution >= 4 is 33.1 Å². The molecule has 0 radical (unpaired) electrons. The van der Waals surface area contributed by atoms with Crippen LogP contribution in [0.25, 0.3) is 0 Å². The molecule has 2 rings (SSSR count). The van der Waals surface area contributed by atoms with Crippen LogP contribution in [0, 0.1) is 0 Å². The maximum absolute atomic E-state index is 5.94. The molecule has 94 valence electrons. The number of aryl methyl sites for hydroxylation is 1. The molecule has 3 nitrogen and oxygen atoms in total. The van der Waals surface area contributed by atoms with Gasteiger partial charge >= 0.3 is 0 Å². The minimum Gasteiger partial charge on any atom is -0.396 e. The molecule has 3 N–H and O–H groups in total. The molecule has 2 aromatic rings. The van der Waals surface area contributed by atoms with E-state index >= 15 is 0 Å². The van der Waals surface area contributed by atoms with E-state index in [9.17, 15) is 0 Å². The third-order valence-electron chi connectivity index (χ3n) is 2.67. The standard InChI is InChI=1S/C14H16BrN3/c1-2-5-10-6-3-4-7-13(10)18-14-12(16)8-11(15)9-17-14/h3-4,6-9H,2,5,16H2,1H3,(H,17,18). The Morgan fingerprint density at radius 2 is 2.11 bits per heavy atom. The van der Waals surface area contributed by atoms with Gasteiger partial charge in [0.15, 0.2) is 5.82 Å². The van der Waals surface area contributed by atoms with Crippen molar-refractivity contribution in [3.63, 3.8) is 0 Å². The Morgan fingerprint density at radius 3 is 2.83 bits per heavy atom. The summed E-state index contributed by atoms with van der Waals surface area (Å²) in [7, 11) is 0. The number of hydrogen-bond donors (Lipinski definition) is 2. The number of nitrogen functional groups attached to an aromatic ring is 1. The Balaban J connectivity index is 2.28. The number of anilines is 3. The lowest BCUT2D eigenvalue weighted by Crippen LogP contribution is -2.01. The molecule has 4 heteroatoms. The summed E-state index contributed by atoms with van der Waals surface area (Å²) in [4.78, 5) is 4.29. The van der Waals surface area contributed by atoms with Gasteiger partial charge in [-0.3, -0.25) is 0 Å². The van der Waals surface area contributed by atoms with Gasteiger partial charge in [0.1, 0.15) is 0 Å². The van der Waals surface area contributed by atoms with Gasteiger partial charge < -0.3 is 11.1 Å². The lowest BCUT2D eigenvalue weighted by molar-refractivity contribution is 0.923. The van der Waals surface area contributed by atoms with Crippen LogP contribution in [-0.4, -0.2) is 4.98 Å². The smallest absolute Gasteiger partial charge is 0.153 e. The van der Waals surface area contributed by atoms with E-state index in [-0.39, 0.29) is 0 Å². The van der Waals surface area contributed by atoms with Crippen LogP contribution in [0.1, 0.15) is 18.9 Å². The van der Waals surface area contributed by atoms with Crippen molar-refractivity contribution in [3.05, 3.63) is 46.6 Å². The Kier molecular flexibility index (Phi) is 4.20. The van der Waals surface area contributed by atoms with E-state index in [1.54, 1.807) is 6.20 Å². The minimum atomic E-state index is 0.635. The van der Waals surface area contributed by atoms with Gasteiger partial charge in [0.05, 0.1) is 5.69 Å². The molecule has 0 unspecified atom stereocenters. The predicted molar refractivity (Wildman–Crippen MR) is 80.1 cm³/mol. The maximum Gasteiger partial charge on any atom is 0.153 e. The molecule has 1 aromatic carbocycles. The molecular weight excluding hydrogens is 290 g/mol. The van der Waals surface area contributed by atoms with Crippen molar-refractivity contribution < 1.29 is 0 Å². The number of nitrogens with one attached hydrogen (secondary N) is 1. The lowest BCUT2D eigenvalue weighted by atomic mass is 10.1. The third-order valence-corrected chi connectivity index (χ3v) is 3.11. The van der Waals surface area contributed by atoms with Crippen molar-refractivity contribution in [1.29, 1.82) is 0 Å². The largest absolute Gasteiger partial charge is 0.396 e. The van der Waals surface area contributed by atoms with Crippen LogP contribution in [0.2, 0.25) is 0 Å². The van der Waals surface area contributed by atoms with E-state index in [1.807, 2.05) is 18.2 Å². The van der Waals surface area contributed by atoms with E-state index < -0.39 is 0 Å². The van der Waals surface area contributed by atoms with Crippen molar-refractivity contribution in [1.82, 2.24) is 4.98 Å². The molecule has 0 aliphatic heterocycles. The first-order chi connectivity index (χ1) is 8.70. The number of rotatable bonds is 4. The van der Waals surface area contributed by atoms with Crippen LogP contribution in [-0.2, 0) is 6.42 Å². The van der Waals surface area contributed by atoms with Gasteiger partial charge in [0.2, 0.25) is 0 Å². The third kappa shape index (κ3) is 3.01. The maximum atomic E-state index is 5.94. The summed E-state index contributed by atoms with van der Waals surface area (Å²) in [6, 6.07) is 10.1. The zero-order valence-corrected chi connectivity index (χ0v) is 11.9. The van der Waals surface area contributed by atoms with Gasteiger partial charge in [0.25, 0.3) is 0 Å².